The van der Waals surface area contributed by atoms with E-state index in [4.69, 9.17) is 0 Å². The van der Waals surface area contributed by atoms with Crippen molar-refractivity contribution in [1.82, 2.24) is 10.2 Å². The Kier molecular flexibility index (Phi) is 3.19. The van der Waals surface area contributed by atoms with Gasteiger partial charge in [-0.25, -0.2) is 4.39 Å². The lowest BCUT2D eigenvalue weighted by molar-refractivity contribution is -0.131. The maximum absolute atomic E-state index is 13.5. The summed E-state index contributed by atoms with van der Waals surface area (Å²) in [5.41, 5.74) is 1.69. The van der Waals surface area contributed by atoms with Crippen molar-refractivity contribution < 1.29 is 9.18 Å². The van der Waals surface area contributed by atoms with Crippen molar-refractivity contribution in [3.63, 3.8) is 0 Å². The van der Waals surface area contributed by atoms with Crippen molar-refractivity contribution in [1.29, 1.82) is 0 Å². The number of likely N-dealkylation sites (N-methyl/N-ethyl adjacent to an activating group) is 1. The Morgan fingerprint density at radius 1 is 1.56 bits per heavy atom. The molecule has 0 spiro atoms. The molecule has 0 fully saturated rings. The zero-order valence-electron chi connectivity index (χ0n) is 9.29. The fraction of sp³-hybridized carbons (Fsp3) is 0.417. The molecule has 1 N–H and O–H groups in total. The van der Waals surface area contributed by atoms with Crippen molar-refractivity contribution in [2.45, 2.75) is 13.0 Å². The molecular weight excluding hydrogens is 207 g/mol. The Morgan fingerprint density at radius 2 is 2.38 bits per heavy atom. The summed E-state index contributed by atoms with van der Waals surface area (Å²) >= 11 is 0. The van der Waals surface area contributed by atoms with E-state index in [0.29, 0.717) is 25.2 Å². The maximum atomic E-state index is 13.5. The van der Waals surface area contributed by atoms with Gasteiger partial charge in [0.25, 0.3) is 0 Å². The molecule has 1 amide bonds. The van der Waals surface area contributed by atoms with Gasteiger partial charge in [0, 0.05) is 18.7 Å². The van der Waals surface area contributed by atoms with Gasteiger partial charge < -0.3 is 10.2 Å². The van der Waals surface area contributed by atoms with Crippen molar-refractivity contribution in [2.24, 2.45) is 0 Å². The number of hydrogen-bond donors (Lipinski definition) is 1. The average molecular weight is 222 g/mol. The highest BCUT2D eigenvalue weighted by Gasteiger charge is 2.21. The van der Waals surface area contributed by atoms with Crippen LogP contribution >= 0.6 is 0 Å². The molecule has 0 aliphatic carbocycles. The van der Waals surface area contributed by atoms with Gasteiger partial charge in [0.2, 0.25) is 5.91 Å². The molecule has 0 atom stereocenters. The van der Waals surface area contributed by atoms with Crippen LogP contribution in [-0.2, 0) is 17.8 Å². The third kappa shape index (κ3) is 2.07. The summed E-state index contributed by atoms with van der Waals surface area (Å²) in [6, 6.07) is 5.10. The van der Waals surface area contributed by atoms with Gasteiger partial charge in [0.15, 0.2) is 0 Å². The van der Waals surface area contributed by atoms with Crippen LogP contribution in [0, 0.1) is 5.82 Å². The third-order valence-corrected chi connectivity index (χ3v) is 2.90. The predicted octanol–water partition coefficient (Wildman–Crippen LogP) is 0.930. The van der Waals surface area contributed by atoms with Crippen LogP contribution in [0.2, 0.25) is 0 Å². The number of nitrogens with zero attached hydrogens (tertiary/aromatic N) is 1. The fourth-order valence-corrected chi connectivity index (χ4v) is 2.02. The molecule has 16 heavy (non-hydrogen) atoms. The lowest BCUT2D eigenvalue weighted by atomic mass is 9.99. The first-order valence-electron chi connectivity index (χ1n) is 5.41. The Labute approximate surface area is 94.3 Å². The van der Waals surface area contributed by atoms with Gasteiger partial charge in [-0.05, 0) is 25.1 Å². The van der Waals surface area contributed by atoms with Crippen LogP contribution in [-0.4, -0.2) is 30.9 Å². The highest BCUT2D eigenvalue weighted by molar-refractivity contribution is 5.78. The normalized spacial score (nSPS) is 14.8. The number of fused-ring (bicyclic) bond motifs is 1. The van der Waals surface area contributed by atoms with Gasteiger partial charge in [-0.3, -0.25) is 4.79 Å². The SMILES string of the molecule is CNCC(=O)N1CCc2cccc(F)c2C1. The molecule has 1 aliphatic rings. The molecule has 1 aromatic rings. The molecule has 0 saturated carbocycles. The Morgan fingerprint density at radius 3 is 3.12 bits per heavy atom. The number of carbonyl (C=O) groups is 1. The first-order valence-corrected chi connectivity index (χ1v) is 5.41. The van der Waals surface area contributed by atoms with E-state index in [1.54, 1.807) is 18.0 Å². The first-order chi connectivity index (χ1) is 7.72. The molecule has 86 valence electrons. The predicted molar refractivity (Wildman–Crippen MR) is 59.4 cm³/mol. The fourth-order valence-electron chi connectivity index (χ4n) is 2.02. The van der Waals surface area contributed by atoms with Crippen molar-refractivity contribution >= 4 is 5.91 Å². The zero-order valence-corrected chi connectivity index (χ0v) is 9.29. The van der Waals surface area contributed by atoms with Crippen LogP contribution < -0.4 is 5.32 Å². The van der Waals surface area contributed by atoms with Gasteiger partial charge >= 0.3 is 0 Å². The maximum Gasteiger partial charge on any atom is 0.236 e. The minimum atomic E-state index is -0.209. The van der Waals surface area contributed by atoms with Crippen molar-refractivity contribution in [3.05, 3.63) is 35.1 Å². The Bertz CT molecular complexity index is 406. The standard InChI is InChI=1S/C12H15FN2O/c1-14-7-12(16)15-6-5-9-3-2-4-11(13)10(9)8-15/h2-4,14H,5-8H2,1H3. The Hall–Kier alpha value is -1.42. The van der Waals surface area contributed by atoms with E-state index in [0.717, 1.165) is 12.0 Å². The van der Waals surface area contributed by atoms with Gasteiger partial charge in [-0.1, -0.05) is 12.1 Å². The number of halogens is 1. The average Bonchev–Trinajstić information content (AvgIpc) is 2.29. The largest absolute Gasteiger partial charge is 0.337 e. The lowest BCUT2D eigenvalue weighted by Crippen LogP contribution is -2.40. The molecule has 3 nitrogen and oxygen atoms in total. The molecule has 0 unspecified atom stereocenters. The number of hydrogen-bond acceptors (Lipinski definition) is 2. The second-order valence-corrected chi connectivity index (χ2v) is 3.97. The number of amides is 1. The number of benzene rings is 1. The molecule has 0 saturated heterocycles. The molecule has 4 heteroatoms. The molecule has 1 aromatic carbocycles. The third-order valence-electron chi connectivity index (χ3n) is 2.90. The van der Waals surface area contributed by atoms with Crippen LogP contribution in [0.3, 0.4) is 0 Å². The van der Waals surface area contributed by atoms with E-state index in [1.165, 1.54) is 6.07 Å². The zero-order chi connectivity index (χ0) is 11.5. The summed E-state index contributed by atoms with van der Waals surface area (Å²) in [6.07, 6.45) is 0.739. The van der Waals surface area contributed by atoms with Crippen LogP contribution in [0.15, 0.2) is 18.2 Å². The second kappa shape index (κ2) is 4.61. The van der Waals surface area contributed by atoms with E-state index in [9.17, 15) is 9.18 Å². The molecule has 0 bridgehead atoms. The van der Waals surface area contributed by atoms with E-state index in [1.807, 2.05) is 6.07 Å². The molecule has 0 radical (unpaired) electrons. The molecule has 1 aliphatic heterocycles. The quantitative estimate of drug-likeness (QED) is 0.807. The topological polar surface area (TPSA) is 32.3 Å². The van der Waals surface area contributed by atoms with Gasteiger partial charge in [-0.15, -0.1) is 0 Å². The monoisotopic (exact) mass is 222 g/mol. The molecule has 1 heterocycles. The summed E-state index contributed by atoms with van der Waals surface area (Å²) < 4.78 is 13.5. The minimum absolute atomic E-state index is 0.0244. The first kappa shape index (κ1) is 11.1. The van der Waals surface area contributed by atoms with Gasteiger partial charge in [-0.2, -0.15) is 0 Å². The smallest absolute Gasteiger partial charge is 0.236 e. The van der Waals surface area contributed by atoms with E-state index >= 15 is 0 Å². The van der Waals surface area contributed by atoms with Crippen LogP contribution in [0.4, 0.5) is 4.39 Å². The second-order valence-electron chi connectivity index (χ2n) is 3.97. The van der Waals surface area contributed by atoms with Crippen molar-refractivity contribution in [3.8, 4) is 0 Å². The number of nitrogens with one attached hydrogen (secondary N) is 1. The minimum Gasteiger partial charge on any atom is -0.337 e. The van der Waals surface area contributed by atoms with E-state index in [2.05, 4.69) is 5.32 Å². The number of rotatable bonds is 2. The van der Waals surface area contributed by atoms with Crippen LogP contribution in [0.25, 0.3) is 0 Å². The lowest BCUT2D eigenvalue weighted by Gasteiger charge is -2.29. The molecule has 0 aromatic heterocycles. The summed E-state index contributed by atoms with van der Waals surface area (Å²) in [6.45, 7) is 1.38. The number of carbonyl (C=O) groups excluding carboxylic acids is 1. The van der Waals surface area contributed by atoms with E-state index in [-0.39, 0.29) is 11.7 Å². The summed E-state index contributed by atoms with van der Waals surface area (Å²) in [5, 5.41) is 2.82. The summed E-state index contributed by atoms with van der Waals surface area (Å²) in [5.74, 6) is -0.184. The molecule has 2 rings (SSSR count). The van der Waals surface area contributed by atoms with Crippen LogP contribution in [0.1, 0.15) is 11.1 Å². The van der Waals surface area contributed by atoms with E-state index < -0.39 is 0 Å². The van der Waals surface area contributed by atoms with Crippen LogP contribution in [0.5, 0.6) is 0 Å². The highest BCUT2D eigenvalue weighted by Crippen LogP contribution is 2.21. The Balaban J connectivity index is 2.17. The van der Waals surface area contributed by atoms with Gasteiger partial charge in [0.1, 0.15) is 5.82 Å². The summed E-state index contributed by atoms with van der Waals surface area (Å²) in [7, 11) is 1.73. The summed E-state index contributed by atoms with van der Waals surface area (Å²) in [4.78, 5) is 13.4. The highest BCUT2D eigenvalue weighted by atomic mass is 19.1. The van der Waals surface area contributed by atoms with Gasteiger partial charge in [0.05, 0.1) is 6.54 Å². The van der Waals surface area contributed by atoms with Crippen molar-refractivity contribution in [2.75, 3.05) is 20.1 Å². The molecular formula is C12H15FN2O.